The number of aromatic nitrogens is 4. The van der Waals surface area contributed by atoms with E-state index in [1.807, 2.05) is 0 Å². The molecule has 9 nitrogen and oxygen atoms in total. The molecule has 0 radical (unpaired) electrons. The molecule has 0 aliphatic carbocycles. The maximum atomic E-state index is 12.9. The molecule has 0 atom stereocenters. The van der Waals surface area contributed by atoms with Crippen molar-refractivity contribution in [2.24, 2.45) is 7.05 Å². The molecule has 2 aromatic rings. The summed E-state index contributed by atoms with van der Waals surface area (Å²) in [5.41, 5.74) is -1.25. The van der Waals surface area contributed by atoms with E-state index in [0.29, 0.717) is 10.7 Å². The van der Waals surface area contributed by atoms with Gasteiger partial charge in [-0.2, -0.15) is 10.2 Å². The molecule has 25 heavy (non-hydrogen) atoms. The second-order valence-electron chi connectivity index (χ2n) is 5.35. The number of rotatable bonds is 6. The zero-order valence-electron chi connectivity index (χ0n) is 13.6. The van der Waals surface area contributed by atoms with Crippen LogP contribution < -0.4 is 0 Å². The number of carbonyl (C=O) groups is 1. The van der Waals surface area contributed by atoms with Crippen LogP contribution in [0.25, 0.3) is 0 Å². The summed E-state index contributed by atoms with van der Waals surface area (Å²) in [6.45, 7) is 0.992. The Balaban J connectivity index is 2.20. The van der Waals surface area contributed by atoms with Crippen LogP contribution in [0.2, 0.25) is 5.02 Å². The van der Waals surface area contributed by atoms with Crippen LogP contribution in [-0.2, 0) is 24.9 Å². The van der Waals surface area contributed by atoms with Crippen molar-refractivity contribution in [3.8, 4) is 0 Å². The molecule has 2 heterocycles. The maximum Gasteiger partial charge on any atom is 0.319 e. The average Bonchev–Trinajstić information content (AvgIpc) is 3.01. The minimum atomic E-state index is -3.11. The predicted molar refractivity (Wildman–Crippen MR) is 83.3 cm³/mol. The van der Waals surface area contributed by atoms with Gasteiger partial charge in [-0.1, -0.05) is 11.6 Å². The highest BCUT2D eigenvalue weighted by Crippen LogP contribution is 2.30. The van der Waals surface area contributed by atoms with Gasteiger partial charge in [0.15, 0.2) is 0 Å². The fourth-order valence-electron chi connectivity index (χ4n) is 2.26. The van der Waals surface area contributed by atoms with Gasteiger partial charge >= 0.3 is 5.69 Å². The van der Waals surface area contributed by atoms with E-state index >= 15 is 0 Å². The zero-order valence-corrected chi connectivity index (χ0v) is 14.4. The maximum absolute atomic E-state index is 12.9. The monoisotopic (exact) mass is 376 g/mol. The van der Waals surface area contributed by atoms with Crippen LogP contribution in [0, 0.1) is 17.0 Å². The zero-order chi connectivity index (χ0) is 18.9. The second-order valence-corrected chi connectivity index (χ2v) is 5.75. The van der Waals surface area contributed by atoms with E-state index in [0.717, 1.165) is 4.68 Å². The summed E-state index contributed by atoms with van der Waals surface area (Å²) in [5, 5.41) is 18.8. The van der Waals surface area contributed by atoms with Crippen molar-refractivity contribution in [3.63, 3.8) is 0 Å². The summed E-state index contributed by atoms with van der Waals surface area (Å²) in [7, 11) is 3.16. The van der Waals surface area contributed by atoms with Crippen LogP contribution >= 0.6 is 11.6 Å². The van der Waals surface area contributed by atoms with Crippen molar-refractivity contribution >= 4 is 23.2 Å². The van der Waals surface area contributed by atoms with E-state index in [4.69, 9.17) is 11.6 Å². The number of hydrogen-bond donors (Lipinski definition) is 0. The van der Waals surface area contributed by atoms with E-state index < -0.39 is 35.2 Å². The summed E-state index contributed by atoms with van der Waals surface area (Å²) >= 11 is 5.98. The van der Waals surface area contributed by atoms with E-state index in [2.05, 4.69) is 10.2 Å². The second kappa shape index (κ2) is 7.13. The molecule has 136 valence electrons. The summed E-state index contributed by atoms with van der Waals surface area (Å²) in [6, 6.07) is 0. The molecule has 2 aromatic heterocycles. The molecule has 0 unspecified atom stereocenters. The summed E-state index contributed by atoms with van der Waals surface area (Å²) in [4.78, 5) is 23.7. The van der Waals surface area contributed by atoms with Crippen molar-refractivity contribution in [2.75, 3.05) is 7.05 Å². The standard InChI is InChI=1S/C13H15ClF2N6O3/c1-7-12(22(24)25)11(13(15)16)18-21(7)6-10(23)19(2)5-9-8(14)4-17-20(9)3/h4,13H,5-6H2,1-3H3. The number of nitro groups is 1. The van der Waals surface area contributed by atoms with Gasteiger partial charge in [-0.3, -0.25) is 24.3 Å². The molecule has 0 aliphatic heterocycles. The van der Waals surface area contributed by atoms with Crippen LogP contribution in [0.4, 0.5) is 14.5 Å². The summed E-state index contributed by atoms with van der Waals surface area (Å²) in [6.07, 6.45) is -1.67. The van der Waals surface area contributed by atoms with Gasteiger partial charge in [-0.25, -0.2) is 8.78 Å². The molecule has 0 spiro atoms. The number of nitrogens with zero attached hydrogens (tertiary/aromatic N) is 6. The third kappa shape index (κ3) is 3.76. The van der Waals surface area contributed by atoms with Gasteiger partial charge in [0.2, 0.25) is 11.6 Å². The fourth-order valence-corrected chi connectivity index (χ4v) is 2.49. The number of carbonyl (C=O) groups excluding carboxylic acids is 1. The van der Waals surface area contributed by atoms with Crippen molar-refractivity contribution < 1.29 is 18.5 Å². The van der Waals surface area contributed by atoms with Crippen LogP contribution in [0.1, 0.15) is 23.5 Å². The molecular weight excluding hydrogens is 362 g/mol. The van der Waals surface area contributed by atoms with Crippen molar-refractivity contribution in [1.82, 2.24) is 24.5 Å². The fraction of sp³-hybridized carbons (Fsp3) is 0.462. The van der Waals surface area contributed by atoms with E-state index in [1.54, 1.807) is 7.05 Å². The van der Waals surface area contributed by atoms with Gasteiger partial charge in [0.1, 0.15) is 12.2 Å². The molecular formula is C13H15ClF2N6O3. The lowest BCUT2D eigenvalue weighted by Crippen LogP contribution is -2.31. The lowest BCUT2D eigenvalue weighted by Gasteiger charge is -2.17. The first kappa shape index (κ1) is 18.8. The number of alkyl halides is 2. The average molecular weight is 377 g/mol. The number of likely N-dealkylation sites (N-methyl/N-ethyl adjacent to an activating group) is 1. The van der Waals surface area contributed by atoms with Crippen LogP contribution in [0.5, 0.6) is 0 Å². The lowest BCUT2D eigenvalue weighted by molar-refractivity contribution is -0.386. The molecule has 0 aromatic carbocycles. The quantitative estimate of drug-likeness (QED) is 0.567. The minimum Gasteiger partial charge on any atom is -0.338 e. The smallest absolute Gasteiger partial charge is 0.319 e. The first-order valence-corrected chi connectivity index (χ1v) is 7.41. The summed E-state index contributed by atoms with van der Waals surface area (Å²) in [5.74, 6) is -0.474. The Hall–Kier alpha value is -2.56. The first-order valence-electron chi connectivity index (χ1n) is 7.03. The molecule has 0 bridgehead atoms. The molecule has 0 N–H and O–H groups in total. The van der Waals surface area contributed by atoms with Gasteiger partial charge < -0.3 is 4.90 Å². The minimum absolute atomic E-state index is 0.111. The van der Waals surface area contributed by atoms with Gasteiger partial charge in [0.05, 0.1) is 28.4 Å². The topological polar surface area (TPSA) is 99.1 Å². The van der Waals surface area contributed by atoms with Crippen LogP contribution in [0.15, 0.2) is 6.20 Å². The van der Waals surface area contributed by atoms with Crippen molar-refractivity contribution in [3.05, 3.63) is 38.4 Å². The number of halogens is 3. The van der Waals surface area contributed by atoms with Gasteiger partial charge in [0, 0.05) is 14.1 Å². The number of hydrogen-bond acceptors (Lipinski definition) is 5. The van der Waals surface area contributed by atoms with Gasteiger partial charge in [-0.05, 0) is 6.92 Å². The largest absolute Gasteiger partial charge is 0.338 e. The molecule has 0 aliphatic rings. The highest BCUT2D eigenvalue weighted by molar-refractivity contribution is 6.31. The first-order chi connectivity index (χ1) is 11.6. The molecule has 0 saturated carbocycles. The number of aryl methyl sites for hydroxylation is 1. The van der Waals surface area contributed by atoms with Gasteiger partial charge in [0.25, 0.3) is 6.43 Å². The predicted octanol–water partition coefficient (Wildman–Crippen LogP) is 2.08. The molecule has 0 fully saturated rings. The number of amides is 1. The normalized spacial score (nSPS) is 11.2. The highest BCUT2D eigenvalue weighted by Gasteiger charge is 2.31. The Morgan fingerprint density at radius 3 is 2.60 bits per heavy atom. The highest BCUT2D eigenvalue weighted by atomic mass is 35.5. The van der Waals surface area contributed by atoms with Crippen molar-refractivity contribution in [1.29, 1.82) is 0 Å². The van der Waals surface area contributed by atoms with E-state index in [1.165, 1.54) is 29.7 Å². The Morgan fingerprint density at radius 1 is 1.52 bits per heavy atom. The van der Waals surface area contributed by atoms with Crippen LogP contribution in [-0.4, -0.2) is 42.3 Å². The van der Waals surface area contributed by atoms with Crippen LogP contribution in [0.3, 0.4) is 0 Å². The Kier molecular flexibility index (Phi) is 5.36. The molecule has 12 heteroatoms. The lowest BCUT2D eigenvalue weighted by atomic mass is 10.3. The SMILES string of the molecule is Cc1c([N+](=O)[O-])c(C(F)F)nn1CC(=O)N(C)Cc1c(Cl)cnn1C. The Morgan fingerprint density at radius 2 is 2.16 bits per heavy atom. The third-order valence-corrected chi connectivity index (χ3v) is 4.01. The molecule has 1 amide bonds. The molecule has 0 saturated heterocycles. The van der Waals surface area contributed by atoms with E-state index in [9.17, 15) is 23.7 Å². The Labute approximate surface area is 145 Å². The summed E-state index contributed by atoms with van der Waals surface area (Å²) < 4.78 is 28.2. The van der Waals surface area contributed by atoms with Gasteiger partial charge in [-0.15, -0.1) is 0 Å². The third-order valence-electron chi connectivity index (χ3n) is 3.70. The van der Waals surface area contributed by atoms with Crippen molar-refractivity contribution in [2.45, 2.75) is 26.4 Å². The van der Waals surface area contributed by atoms with E-state index in [-0.39, 0.29) is 12.2 Å². The molecule has 2 rings (SSSR count). The Bertz CT molecular complexity index is 800.